The number of carbonyl (C=O) groups excluding carboxylic acids is 2. The Morgan fingerprint density at radius 1 is 1.00 bits per heavy atom. The van der Waals surface area contributed by atoms with Crippen LogP contribution in [0.25, 0.3) is 5.76 Å². The number of likely N-dealkylation sites (tertiary alicyclic amines) is 1. The van der Waals surface area contributed by atoms with Gasteiger partial charge in [0.15, 0.2) is 0 Å². The lowest BCUT2D eigenvalue weighted by molar-refractivity contribution is -0.908. The first kappa shape index (κ1) is 22.2. The molecule has 6 nitrogen and oxygen atoms in total. The van der Waals surface area contributed by atoms with E-state index in [1.165, 1.54) is 4.90 Å². The molecular formula is C26H31N2O4+. The van der Waals surface area contributed by atoms with E-state index >= 15 is 0 Å². The van der Waals surface area contributed by atoms with Crippen molar-refractivity contribution >= 4 is 17.4 Å². The molecule has 2 aromatic rings. The molecule has 0 aromatic heterocycles. The Morgan fingerprint density at radius 2 is 1.59 bits per heavy atom. The number of benzene rings is 2. The molecule has 1 atom stereocenters. The van der Waals surface area contributed by atoms with E-state index in [1.807, 2.05) is 50.2 Å². The zero-order chi connectivity index (χ0) is 22.7. The second kappa shape index (κ2) is 9.67. The second-order valence-corrected chi connectivity index (χ2v) is 8.74. The van der Waals surface area contributed by atoms with Crippen molar-refractivity contribution < 1.29 is 24.3 Å². The summed E-state index contributed by atoms with van der Waals surface area (Å²) in [6.45, 7) is 8.81. The van der Waals surface area contributed by atoms with E-state index in [2.05, 4.69) is 0 Å². The lowest BCUT2D eigenvalue weighted by Gasteiger charge is -2.27. The molecule has 2 aromatic carbocycles. The van der Waals surface area contributed by atoms with Crippen molar-refractivity contribution in [2.75, 3.05) is 39.4 Å². The predicted molar refractivity (Wildman–Crippen MR) is 122 cm³/mol. The van der Waals surface area contributed by atoms with Gasteiger partial charge in [0.1, 0.15) is 18.8 Å². The number of amides is 1. The minimum absolute atomic E-state index is 0.116. The van der Waals surface area contributed by atoms with Crippen LogP contribution in [0, 0.1) is 13.8 Å². The maximum Gasteiger partial charge on any atom is 0.295 e. The fourth-order valence-electron chi connectivity index (χ4n) is 4.48. The third kappa shape index (κ3) is 4.61. The molecule has 168 valence electrons. The van der Waals surface area contributed by atoms with Crippen molar-refractivity contribution in [2.45, 2.75) is 26.3 Å². The summed E-state index contributed by atoms with van der Waals surface area (Å²) in [6.07, 6.45) is 0.787. The van der Waals surface area contributed by atoms with Gasteiger partial charge >= 0.3 is 0 Å². The summed E-state index contributed by atoms with van der Waals surface area (Å²) in [5.41, 5.74) is 3.70. The summed E-state index contributed by atoms with van der Waals surface area (Å²) in [4.78, 5) is 29.2. The molecule has 1 amide bonds. The molecule has 2 N–H and O–H groups in total. The first-order valence-electron chi connectivity index (χ1n) is 11.3. The number of Topliss-reactive ketones (excluding diaryl/α,β-unsaturated/α-hetero) is 1. The van der Waals surface area contributed by atoms with Crippen molar-refractivity contribution in [3.63, 3.8) is 0 Å². The number of hydrogen-bond acceptors (Lipinski definition) is 4. The van der Waals surface area contributed by atoms with E-state index in [1.54, 1.807) is 17.0 Å². The van der Waals surface area contributed by atoms with Crippen molar-refractivity contribution in [1.29, 1.82) is 0 Å². The Morgan fingerprint density at radius 3 is 2.22 bits per heavy atom. The highest BCUT2D eigenvalue weighted by molar-refractivity contribution is 6.46. The lowest BCUT2D eigenvalue weighted by atomic mass is 9.94. The Bertz CT molecular complexity index is 1010. The topological polar surface area (TPSA) is 71.3 Å². The Labute approximate surface area is 189 Å². The molecule has 0 unspecified atom stereocenters. The third-order valence-corrected chi connectivity index (χ3v) is 6.39. The van der Waals surface area contributed by atoms with E-state index in [0.29, 0.717) is 12.1 Å². The Kier molecular flexibility index (Phi) is 6.72. The highest BCUT2D eigenvalue weighted by atomic mass is 16.5. The van der Waals surface area contributed by atoms with Crippen LogP contribution in [0.2, 0.25) is 0 Å². The highest BCUT2D eigenvalue weighted by Crippen LogP contribution is 2.39. The largest absolute Gasteiger partial charge is 0.507 e. The summed E-state index contributed by atoms with van der Waals surface area (Å²) in [7, 11) is 0. The zero-order valence-electron chi connectivity index (χ0n) is 18.8. The number of carbonyl (C=O) groups is 2. The van der Waals surface area contributed by atoms with Gasteiger partial charge in [0, 0.05) is 18.5 Å². The van der Waals surface area contributed by atoms with Crippen LogP contribution >= 0.6 is 0 Å². The van der Waals surface area contributed by atoms with Crippen molar-refractivity contribution in [2.24, 2.45) is 0 Å². The van der Waals surface area contributed by atoms with Crippen LogP contribution in [0.3, 0.4) is 0 Å². The Balaban J connectivity index is 1.66. The quantitative estimate of drug-likeness (QED) is 0.414. The van der Waals surface area contributed by atoms with Crippen LogP contribution in [0.5, 0.6) is 0 Å². The minimum Gasteiger partial charge on any atom is -0.507 e. The van der Waals surface area contributed by atoms with Crippen molar-refractivity contribution in [3.8, 4) is 0 Å². The first-order valence-corrected chi connectivity index (χ1v) is 11.3. The van der Waals surface area contributed by atoms with Crippen molar-refractivity contribution in [3.05, 3.63) is 76.4 Å². The summed E-state index contributed by atoms with van der Waals surface area (Å²) in [5.74, 6) is -1.27. The molecular weight excluding hydrogens is 404 g/mol. The maximum atomic E-state index is 13.1. The summed E-state index contributed by atoms with van der Waals surface area (Å²) in [6, 6.07) is 14.6. The normalized spacial score (nSPS) is 21.3. The predicted octanol–water partition coefficient (Wildman–Crippen LogP) is 2.03. The van der Waals surface area contributed by atoms with Gasteiger partial charge in [-0.25, -0.2) is 0 Å². The van der Waals surface area contributed by atoms with Crippen LogP contribution in [0.15, 0.2) is 54.1 Å². The van der Waals surface area contributed by atoms with Gasteiger partial charge in [-0.1, -0.05) is 59.7 Å². The van der Waals surface area contributed by atoms with E-state index < -0.39 is 17.7 Å². The number of quaternary nitrogens is 1. The van der Waals surface area contributed by atoms with Crippen LogP contribution in [-0.2, 0) is 14.3 Å². The molecule has 0 spiro atoms. The minimum atomic E-state index is -0.618. The molecule has 0 radical (unpaired) electrons. The average Bonchev–Trinajstić information content (AvgIpc) is 3.05. The van der Waals surface area contributed by atoms with Crippen LogP contribution in [-0.4, -0.2) is 61.1 Å². The number of ether oxygens (including phenoxy) is 1. The number of aryl methyl sites for hydroxylation is 2. The van der Waals surface area contributed by atoms with Gasteiger partial charge in [0.2, 0.25) is 0 Å². The molecule has 0 aliphatic carbocycles. The van der Waals surface area contributed by atoms with Crippen LogP contribution in [0.1, 0.15) is 34.7 Å². The molecule has 2 fully saturated rings. The fourth-order valence-corrected chi connectivity index (χ4v) is 4.48. The number of morpholine rings is 1. The first-order chi connectivity index (χ1) is 15.5. The van der Waals surface area contributed by atoms with Gasteiger partial charge in [-0.3, -0.25) is 9.59 Å². The van der Waals surface area contributed by atoms with Gasteiger partial charge in [0.05, 0.1) is 31.4 Å². The molecule has 2 aliphatic rings. The molecule has 4 rings (SSSR count). The molecule has 0 bridgehead atoms. The summed E-state index contributed by atoms with van der Waals surface area (Å²) >= 11 is 0. The Hall–Kier alpha value is -2.96. The SMILES string of the molecule is Cc1ccc(C(O)=C2C(=O)C(=O)N(CCC[NH+]3CCOCC3)[C@H]2c2ccc(C)cc2)cc1. The van der Waals surface area contributed by atoms with E-state index in [-0.39, 0.29) is 11.3 Å². The summed E-state index contributed by atoms with van der Waals surface area (Å²) in [5, 5.41) is 11.1. The van der Waals surface area contributed by atoms with Gasteiger partial charge in [0.25, 0.3) is 11.7 Å². The molecule has 2 heterocycles. The van der Waals surface area contributed by atoms with Gasteiger partial charge in [-0.15, -0.1) is 0 Å². The molecule has 0 saturated carbocycles. The van der Waals surface area contributed by atoms with E-state index in [4.69, 9.17) is 4.74 Å². The molecule has 2 saturated heterocycles. The van der Waals surface area contributed by atoms with Gasteiger partial charge in [-0.2, -0.15) is 0 Å². The monoisotopic (exact) mass is 435 g/mol. The second-order valence-electron chi connectivity index (χ2n) is 8.74. The smallest absolute Gasteiger partial charge is 0.295 e. The number of nitrogens with zero attached hydrogens (tertiary/aromatic N) is 1. The fraction of sp³-hybridized carbons (Fsp3) is 0.385. The van der Waals surface area contributed by atoms with E-state index in [0.717, 1.165) is 56.0 Å². The maximum absolute atomic E-state index is 13.1. The zero-order valence-corrected chi connectivity index (χ0v) is 18.8. The van der Waals surface area contributed by atoms with Gasteiger partial charge in [-0.05, 0) is 19.4 Å². The number of rotatable bonds is 6. The molecule has 32 heavy (non-hydrogen) atoms. The number of ketones is 1. The highest BCUT2D eigenvalue weighted by Gasteiger charge is 2.45. The lowest BCUT2D eigenvalue weighted by Crippen LogP contribution is -3.14. The van der Waals surface area contributed by atoms with Crippen molar-refractivity contribution in [1.82, 2.24) is 4.90 Å². The summed E-state index contributed by atoms with van der Waals surface area (Å²) < 4.78 is 5.42. The number of nitrogens with one attached hydrogen (secondary N) is 1. The number of aliphatic hydroxyl groups excluding tert-OH is 1. The standard InChI is InChI=1S/C26H30N2O4/c1-18-4-8-20(9-5-18)23-22(24(29)21-10-6-19(2)7-11-21)25(30)26(31)28(23)13-3-12-27-14-16-32-17-15-27/h4-11,23,29H,3,12-17H2,1-2H3/p+1/t23-/m0/s1. The average molecular weight is 436 g/mol. The van der Waals surface area contributed by atoms with Crippen LogP contribution in [0.4, 0.5) is 0 Å². The van der Waals surface area contributed by atoms with Crippen LogP contribution < -0.4 is 4.90 Å². The third-order valence-electron chi connectivity index (χ3n) is 6.39. The number of aliphatic hydroxyl groups is 1. The van der Waals surface area contributed by atoms with E-state index in [9.17, 15) is 14.7 Å². The van der Waals surface area contributed by atoms with Gasteiger partial charge < -0.3 is 19.6 Å². The molecule has 2 aliphatic heterocycles. The number of hydrogen-bond donors (Lipinski definition) is 2. The molecule has 6 heteroatoms.